The number of hydrogen-bond acceptors (Lipinski definition) is 3. The summed E-state index contributed by atoms with van der Waals surface area (Å²) in [5, 5.41) is 12.5. The molecule has 0 saturated heterocycles. The van der Waals surface area contributed by atoms with Crippen molar-refractivity contribution >= 4 is 40.4 Å². The van der Waals surface area contributed by atoms with Crippen LogP contribution < -0.4 is 5.32 Å². The Morgan fingerprint density at radius 1 is 1.04 bits per heavy atom. The third-order valence-corrected chi connectivity index (χ3v) is 4.64. The number of phenolic OH excluding ortho intramolecular Hbond substituents is 1. The molecule has 2 heterocycles. The van der Waals surface area contributed by atoms with Crippen molar-refractivity contribution in [2.24, 2.45) is 0 Å². The fourth-order valence-electron chi connectivity index (χ4n) is 2.71. The molecular weight excluding hydrogens is 385 g/mol. The molecule has 0 aliphatic rings. The lowest BCUT2D eigenvalue weighted by Gasteiger charge is -2.08. The highest BCUT2D eigenvalue weighted by Crippen LogP contribution is 2.34. The van der Waals surface area contributed by atoms with Crippen LogP contribution in [0.5, 0.6) is 5.75 Å². The van der Waals surface area contributed by atoms with E-state index < -0.39 is 0 Å². The molecule has 0 aliphatic carbocycles. The fraction of sp³-hybridized carbons (Fsp3) is 0. The summed E-state index contributed by atoms with van der Waals surface area (Å²) in [7, 11) is 0. The monoisotopic (exact) mass is 397 g/mol. The number of fused-ring (bicyclic) bond motifs is 1. The van der Waals surface area contributed by atoms with Gasteiger partial charge in [-0.2, -0.15) is 0 Å². The second-order valence-electron chi connectivity index (χ2n) is 5.92. The lowest BCUT2D eigenvalue weighted by atomic mass is 10.2. The van der Waals surface area contributed by atoms with Gasteiger partial charge in [0.25, 0.3) is 5.91 Å². The van der Waals surface area contributed by atoms with Crippen LogP contribution >= 0.6 is 23.2 Å². The van der Waals surface area contributed by atoms with Gasteiger partial charge >= 0.3 is 0 Å². The van der Waals surface area contributed by atoms with Crippen molar-refractivity contribution in [1.29, 1.82) is 0 Å². The number of aromatic nitrogens is 2. The topological polar surface area (TPSA) is 66.6 Å². The van der Waals surface area contributed by atoms with Crippen LogP contribution in [0.3, 0.4) is 0 Å². The Kier molecular flexibility index (Phi) is 4.48. The number of anilines is 1. The van der Waals surface area contributed by atoms with Crippen molar-refractivity contribution in [3.05, 3.63) is 82.6 Å². The van der Waals surface area contributed by atoms with Gasteiger partial charge < -0.3 is 14.8 Å². The van der Waals surface area contributed by atoms with Gasteiger partial charge in [-0.05, 0) is 24.3 Å². The maximum atomic E-state index is 12.5. The van der Waals surface area contributed by atoms with E-state index in [1.165, 1.54) is 12.1 Å². The molecule has 4 aromatic rings. The first-order chi connectivity index (χ1) is 13.0. The summed E-state index contributed by atoms with van der Waals surface area (Å²) in [6.07, 6.45) is 3.69. The molecule has 7 heteroatoms. The molecule has 27 heavy (non-hydrogen) atoms. The van der Waals surface area contributed by atoms with E-state index in [0.717, 1.165) is 11.3 Å². The molecule has 0 radical (unpaired) electrons. The average molecular weight is 398 g/mol. The smallest absolute Gasteiger partial charge is 0.255 e. The predicted molar refractivity (Wildman–Crippen MR) is 107 cm³/mol. The Morgan fingerprint density at radius 3 is 2.44 bits per heavy atom. The number of benzene rings is 2. The first-order valence-corrected chi connectivity index (χ1v) is 8.80. The molecule has 0 unspecified atom stereocenters. The molecule has 2 N–H and O–H groups in total. The molecule has 5 nitrogen and oxygen atoms in total. The molecule has 134 valence electrons. The number of amides is 1. The molecule has 0 spiro atoms. The van der Waals surface area contributed by atoms with Crippen molar-refractivity contribution in [1.82, 2.24) is 9.38 Å². The summed E-state index contributed by atoms with van der Waals surface area (Å²) >= 11 is 11.8. The Bertz CT molecular complexity index is 1130. The lowest BCUT2D eigenvalue weighted by molar-refractivity contribution is 0.102. The average Bonchev–Trinajstić information content (AvgIpc) is 3.10. The predicted octanol–water partition coefficient (Wildman–Crippen LogP) is 5.27. The maximum Gasteiger partial charge on any atom is 0.255 e. The number of nitrogens with zero attached hydrogens (tertiary/aromatic N) is 2. The van der Waals surface area contributed by atoms with Crippen molar-refractivity contribution in [2.45, 2.75) is 0 Å². The van der Waals surface area contributed by atoms with E-state index in [1.807, 2.05) is 40.9 Å². The minimum absolute atomic E-state index is 0.0639. The largest absolute Gasteiger partial charge is 0.505 e. The molecular formula is C20H13Cl2N3O2. The van der Waals surface area contributed by atoms with Crippen LogP contribution in [0.1, 0.15) is 10.4 Å². The normalized spacial score (nSPS) is 10.9. The summed E-state index contributed by atoms with van der Waals surface area (Å²) in [5.41, 5.74) is 3.31. The molecule has 0 atom stereocenters. The lowest BCUT2D eigenvalue weighted by Crippen LogP contribution is -2.12. The number of carbonyl (C=O) groups is 1. The van der Waals surface area contributed by atoms with Crippen molar-refractivity contribution < 1.29 is 9.90 Å². The number of carbonyl (C=O) groups excluding carboxylic acids is 1. The van der Waals surface area contributed by atoms with Gasteiger partial charge in [0.15, 0.2) is 5.75 Å². The van der Waals surface area contributed by atoms with E-state index in [9.17, 15) is 9.90 Å². The van der Waals surface area contributed by atoms with E-state index in [4.69, 9.17) is 23.2 Å². The second-order valence-corrected chi connectivity index (χ2v) is 6.73. The van der Waals surface area contributed by atoms with Gasteiger partial charge in [-0.25, -0.2) is 4.98 Å². The summed E-state index contributed by atoms with van der Waals surface area (Å²) in [5.74, 6) is -0.553. The van der Waals surface area contributed by atoms with Gasteiger partial charge in [0.05, 0.1) is 15.7 Å². The fourth-order valence-corrected chi connectivity index (χ4v) is 3.20. The molecule has 0 bridgehead atoms. The number of nitrogens with one attached hydrogen (secondary N) is 1. The van der Waals surface area contributed by atoms with Crippen LogP contribution in [0.15, 0.2) is 67.0 Å². The standard InChI is InChI=1S/C20H13Cl2N3O2/c21-15-9-14(10-16(22)19(15)26)23-20(27)13-6-7-25-11-17(24-18(25)8-13)12-4-2-1-3-5-12/h1-11,26H,(H,23,27). The van der Waals surface area contributed by atoms with Crippen LogP contribution in [0.25, 0.3) is 16.9 Å². The first kappa shape index (κ1) is 17.4. The van der Waals surface area contributed by atoms with E-state index in [2.05, 4.69) is 10.3 Å². The zero-order valence-electron chi connectivity index (χ0n) is 13.9. The summed E-state index contributed by atoms with van der Waals surface area (Å²) < 4.78 is 1.85. The van der Waals surface area contributed by atoms with Gasteiger partial charge in [0.1, 0.15) is 5.65 Å². The Balaban J connectivity index is 1.63. The van der Waals surface area contributed by atoms with Crippen LogP contribution in [0.4, 0.5) is 5.69 Å². The highest BCUT2D eigenvalue weighted by atomic mass is 35.5. The second kappa shape index (κ2) is 6.95. The highest BCUT2D eigenvalue weighted by Gasteiger charge is 2.12. The van der Waals surface area contributed by atoms with Crippen molar-refractivity contribution in [2.75, 3.05) is 5.32 Å². The zero-order valence-corrected chi connectivity index (χ0v) is 15.4. The molecule has 2 aromatic carbocycles. The molecule has 2 aromatic heterocycles. The first-order valence-electron chi connectivity index (χ1n) is 8.05. The molecule has 0 saturated carbocycles. The van der Waals surface area contributed by atoms with Crippen LogP contribution in [0.2, 0.25) is 10.0 Å². The summed E-state index contributed by atoms with van der Waals surface area (Å²) in [6.45, 7) is 0. The van der Waals surface area contributed by atoms with Crippen molar-refractivity contribution in [3.8, 4) is 17.0 Å². The molecule has 4 rings (SSSR count). The third-order valence-electron chi connectivity index (χ3n) is 4.07. The number of aromatic hydroxyl groups is 1. The van der Waals surface area contributed by atoms with E-state index in [-0.39, 0.29) is 21.7 Å². The SMILES string of the molecule is O=C(Nc1cc(Cl)c(O)c(Cl)c1)c1ccn2cc(-c3ccccc3)nc2c1. The van der Waals surface area contributed by atoms with Gasteiger partial charge in [-0.3, -0.25) is 4.79 Å². The zero-order chi connectivity index (χ0) is 19.0. The van der Waals surface area contributed by atoms with E-state index in [1.54, 1.807) is 18.3 Å². The third kappa shape index (κ3) is 3.47. The Morgan fingerprint density at radius 2 is 1.74 bits per heavy atom. The molecule has 1 amide bonds. The number of halogens is 2. The minimum atomic E-state index is -0.334. The number of rotatable bonds is 3. The number of phenols is 1. The Hall–Kier alpha value is -3.02. The molecule has 0 fully saturated rings. The highest BCUT2D eigenvalue weighted by molar-refractivity contribution is 6.37. The van der Waals surface area contributed by atoms with Crippen molar-refractivity contribution in [3.63, 3.8) is 0 Å². The quantitative estimate of drug-likeness (QED) is 0.463. The van der Waals surface area contributed by atoms with Gasteiger partial charge in [-0.1, -0.05) is 53.5 Å². The van der Waals surface area contributed by atoms with Gasteiger partial charge in [-0.15, -0.1) is 0 Å². The number of pyridine rings is 1. The van der Waals surface area contributed by atoms with Gasteiger partial charge in [0, 0.05) is 29.2 Å². The molecule has 0 aliphatic heterocycles. The van der Waals surface area contributed by atoms with E-state index >= 15 is 0 Å². The maximum absolute atomic E-state index is 12.5. The van der Waals surface area contributed by atoms with E-state index in [0.29, 0.717) is 16.9 Å². The summed E-state index contributed by atoms with van der Waals surface area (Å²) in [6, 6.07) is 16.1. The minimum Gasteiger partial charge on any atom is -0.505 e. The Labute approximate surface area is 164 Å². The van der Waals surface area contributed by atoms with Crippen LogP contribution in [-0.2, 0) is 0 Å². The van der Waals surface area contributed by atoms with Crippen LogP contribution in [0, 0.1) is 0 Å². The number of hydrogen-bond donors (Lipinski definition) is 2. The van der Waals surface area contributed by atoms with Crippen LogP contribution in [-0.4, -0.2) is 20.4 Å². The summed E-state index contributed by atoms with van der Waals surface area (Å²) in [4.78, 5) is 17.1. The van der Waals surface area contributed by atoms with Gasteiger partial charge in [0.2, 0.25) is 0 Å². The number of imidazole rings is 1.